The molecule has 0 aliphatic rings. The number of nitrogens with zero attached hydrogens (tertiary/aromatic N) is 6. The van der Waals surface area contributed by atoms with Gasteiger partial charge < -0.3 is 9.47 Å². The highest BCUT2D eigenvalue weighted by atomic mass is 16.5. The molecule has 0 radical (unpaired) electrons. The van der Waals surface area contributed by atoms with Crippen molar-refractivity contribution < 1.29 is 19.1 Å². The second-order valence-electron chi connectivity index (χ2n) is 17.2. The maximum Gasteiger partial charge on any atom is 0.133 e. The van der Waals surface area contributed by atoms with Crippen LogP contribution in [0.2, 0.25) is 0 Å². The van der Waals surface area contributed by atoms with E-state index in [2.05, 4.69) is 93.0 Å². The Morgan fingerprint density at radius 3 is 1.36 bits per heavy atom. The number of benzene rings is 1. The summed E-state index contributed by atoms with van der Waals surface area (Å²) in [7, 11) is 0. The average molecular weight is 827 g/mol. The Hall–Kier alpha value is -5.16. The third-order valence-corrected chi connectivity index (χ3v) is 10.3. The molecule has 0 amide bonds. The van der Waals surface area contributed by atoms with Crippen LogP contribution in [0.15, 0.2) is 116 Å². The quantitative estimate of drug-likeness (QED) is 0.0432. The molecule has 4 heterocycles. The lowest BCUT2D eigenvalue weighted by Crippen LogP contribution is -2.25. The first-order valence-corrected chi connectivity index (χ1v) is 22.1. The number of ketones is 2. The number of hydrogen-bond acceptors (Lipinski definition) is 10. The Labute approximate surface area is 364 Å². The Bertz CT molecular complexity index is 1790. The molecule has 0 N–H and O–H groups in total. The molecule has 0 atom stereocenters. The number of Topliss-reactive ketones (excluding diaryl/α,β-unsaturated/α-hetero) is 2. The fraction of sp³-hybridized carbons (Fsp3) is 0.451. The van der Waals surface area contributed by atoms with Gasteiger partial charge in [0.1, 0.15) is 17.3 Å². The number of ether oxygens (including phenoxy) is 2. The second-order valence-corrected chi connectivity index (χ2v) is 17.2. The summed E-state index contributed by atoms with van der Waals surface area (Å²) in [6.45, 7) is 12.5. The van der Waals surface area contributed by atoms with Gasteiger partial charge >= 0.3 is 0 Å². The van der Waals surface area contributed by atoms with E-state index in [9.17, 15) is 9.59 Å². The molecule has 61 heavy (non-hydrogen) atoms. The van der Waals surface area contributed by atoms with E-state index < -0.39 is 0 Å². The van der Waals surface area contributed by atoms with Crippen LogP contribution in [-0.2, 0) is 53.6 Å². The Morgan fingerprint density at radius 2 is 0.934 bits per heavy atom. The maximum absolute atomic E-state index is 12.6. The first-order valence-electron chi connectivity index (χ1n) is 22.1. The lowest BCUT2D eigenvalue weighted by Gasteiger charge is -2.25. The number of pyridine rings is 4. The third-order valence-electron chi connectivity index (χ3n) is 10.3. The first-order chi connectivity index (χ1) is 29.7. The number of carbonyl (C=O) groups is 2. The molecule has 4 aromatic heterocycles. The van der Waals surface area contributed by atoms with Crippen molar-refractivity contribution in [3.63, 3.8) is 0 Å². The summed E-state index contributed by atoms with van der Waals surface area (Å²) in [5.74, 6) is 1.29. The summed E-state index contributed by atoms with van der Waals surface area (Å²) in [5, 5.41) is 0. The van der Waals surface area contributed by atoms with Crippen molar-refractivity contribution in [2.24, 2.45) is 5.41 Å². The Balaban J connectivity index is 1.17. The number of unbranched alkanes of at least 4 members (excludes halogenated alkanes) is 2. The minimum absolute atomic E-state index is 0.222. The van der Waals surface area contributed by atoms with Gasteiger partial charge in [0.2, 0.25) is 0 Å². The number of hydrogen-bond donors (Lipinski definition) is 0. The summed E-state index contributed by atoms with van der Waals surface area (Å²) < 4.78 is 12.2. The molecule has 0 aliphatic heterocycles. The summed E-state index contributed by atoms with van der Waals surface area (Å²) >= 11 is 0. The van der Waals surface area contributed by atoms with Gasteiger partial charge in [-0.25, -0.2) is 0 Å². The summed E-state index contributed by atoms with van der Waals surface area (Å²) in [6, 6.07) is 30.7. The molecular weight excluding hydrogens is 761 g/mol. The molecule has 5 aromatic rings. The molecule has 0 unspecified atom stereocenters. The van der Waals surface area contributed by atoms with Crippen molar-refractivity contribution in [2.75, 3.05) is 19.8 Å². The first kappa shape index (κ1) is 46.9. The molecular formula is C51H66N6O4. The van der Waals surface area contributed by atoms with Crippen LogP contribution in [0, 0.1) is 5.41 Å². The Morgan fingerprint density at radius 1 is 0.492 bits per heavy atom. The van der Waals surface area contributed by atoms with Gasteiger partial charge in [0, 0.05) is 103 Å². The maximum atomic E-state index is 12.6. The highest BCUT2D eigenvalue weighted by Crippen LogP contribution is 2.24. The molecule has 0 saturated heterocycles. The lowest BCUT2D eigenvalue weighted by molar-refractivity contribution is -0.120. The molecule has 10 nitrogen and oxygen atoms in total. The molecule has 0 aliphatic carbocycles. The molecule has 0 fully saturated rings. The van der Waals surface area contributed by atoms with E-state index in [-0.39, 0.29) is 17.0 Å². The number of rotatable bonds is 29. The van der Waals surface area contributed by atoms with E-state index in [0.29, 0.717) is 84.6 Å². The van der Waals surface area contributed by atoms with Gasteiger partial charge in [-0.2, -0.15) is 0 Å². The summed E-state index contributed by atoms with van der Waals surface area (Å²) in [6.07, 6.45) is 14.3. The van der Waals surface area contributed by atoms with E-state index in [1.54, 1.807) is 0 Å². The zero-order chi connectivity index (χ0) is 43.0. The number of aromatic nitrogens is 4. The van der Waals surface area contributed by atoms with Gasteiger partial charge in [0.25, 0.3) is 0 Å². The van der Waals surface area contributed by atoms with Crippen molar-refractivity contribution >= 4 is 11.6 Å². The van der Waals surface area contributed by atoms with E-state index in [1.807, 2.05) is 73.3 Å². The van der Waals surface area contributed by atoms with Crippen molar-refractivity contribution in [1.82, 2.24) is 29.7 Å². The molecule has 324 valence electrons. The highest BCUT2D eigenvalue weighted by Gasteiger charge is 2.16. The minimum atomic E-state index is 0.222. The van der Waals surface area contributed by atoms with Gasteiger partial charge in [-0.15, -0.1) is 0 Å². The highest BCUT2D eigenvalue weighted by molar-refractivity contribution is 5.81. The molecule has 0 bridgehead atoms. The topological polar surface area (TPSA) is 111 Å². The SMILES string of the molecule is CC(C)(C)CCOCCCC(=O)CCCC(=O)CCCCCOc1cc(CN(Cc2ccccn2)Cc2ccccn2)cc(CN(Cc2ccccn2)Cc2ccccn2)c1. The zero-order valence-electron chi connectivity index (χ0n) is 36.7. The van der Waals surface area contributed by atoms with Gasteiger partial charge in [0.15, 0.2) is 0 Å². The van der Waals surface area contributed by atoms with Crippen LogP contribution in [0.3, 0.4) is 0 Å². The van der Waals surface area contributed by atoms with Gasteiger partial charge in [0.05, 0.1) is 29.4 Å². The van der Waals surface area contributed by atoms with Crippen LogP contribution in [0.25, 0.3) is 0 Å². The second kappa shape index (κ2) is 26.2. The van der Waals surface area contributed by atoms with Crippen LogP contribution in [-0.4, -0.2) is 61.1 Å². The summed E-state index contributed by atoms with van der Waals surface area (Å²) in [4.78, 5) is 48.2. The number of carbonyl (C=O) groups excluding carboxylic acids is 2. The fourth-order valence-corrected chi connectivity index (χ4v) is 7.10. The predicted molar refractivity (Wildman–Crippen MR) is 241 cm³/mol. The van der Waals surface area contributed by atoms with Crippen LogP contribution < -0.4 is 4.74 Å². The zero-order valence-corrected chi connectivity index (χ0v) is 36.7. The molecule has 1 aromatic carbocycles. The van der Waals surface area contributed by atoms with Gasteiger partial charge in [-0.05, 0) is 116 Å². The Kier molecular flexibility index (Phi) is 20.2. The monoisotopic (exact) mass is 827 g/mol. The van der Waals surface area contributed by atoms with Crippen molar-refractivity contribution in [1.29, 1.82) is 0 Å². The molecule has 5 rings (SSSR count). The molecule has 0 spiro atoms. The van der Waals surface area contributed by atoms with Crippen molar-refractivity contribution in [3.8, 4) is 5.75 Å². The predicted octanol–water partition coefficient (Wildman–Crippen LogP) is 10.2. The van der Waals surface area contributed by atoms with Crippen molar-refractivity contribution in [2.45, 2.75) is 124 Å². The summed E-state index contributed by atoms with van der Waals surface area (Å²) in [5.41, 5.74) is 6.53. The van der Waals surface area contributed by atoms with E-state index in [4.69, 9.17) is 9.47 Å². The van der Waals surface area contributed by atoms with E-state index in [1.165, 1.54) is 0 Å². The van der Waals surface area contributed by atoms with Gasteiger partial charge in [-0.3, -0.25) is 39.3 Å². The fourth-order valence-electron chi connectivity index (χ4n) is 7.10. The smallest absolute Gasteiger partial charge is 0.133 e. The molecule has 10 heteroatoms. The van der Waals surface area contributed by atoms with E-state index in [0.717, 1.165) is 78.4 Å². The van der Waals surface area contributed by atoms with Gasteiger partial charge in [-0.1, -0.05) is 51.1 Å². The van der Waals surface area contributed by atoms with Crippen molar-refractivity contribution in [3.05, 3.63) is 150 Å². The standard InChI is InChI=1S/C51H66N6O4/c1-51(2,3)25-32-60-30-16-24-49(59)23-15-22-48(58)21-5-4-14-31-61-50-34-42(36-56(38-44-17-6-10-26-52-44)39-45-18-7-11-27-53-45)33-43(35-50)37-57(40-46-19-8-12-28-54-46)41-47-20-9-13-29-55-47/h6-13,17-20,26-29,33-35H,4-5,14-16,21-25,30-32,36-41H2,1-3H3. The normalized spacial score (nSPS) is 11.6. The van der Waals surface area contributed by atoms with E-state index >= 15 is 0 Å². The average Bonchev–Trinajstić information content (AvgIpc) is 3.24. The largest absolute Gasteiger partial charge is 0.494 e. The van der Waals surface area contributed by atoms with Crippen LogP contribution in [0.5, 0.6) is 5.75 Å². The lowest BCUT2D eigenvalue weighted by atomic mass is 9.93. The molecule has 0 saturated carbocycles. The van der Waals surface area contributed by atoms with Crippen LogP contribution in [0.1, 0.15) is 119 Å². The third kappa shape index (κ3) is 19.8. The minimum Gasteiger partial charge on any atom is -0.494 e. The van der Waals surface area contributed by atoms with Crippen LogP contribution in [0.4, 0.5) is 0 Å². The van der Waals surface area contributed by atoms with Crippen LogP contribution >= 0.6 is 0 Å².